The van der Waals surface area contributed by atoms with E-state index in [4.69, 9.17) is 9.47 Å². The zero-order valence-electron chi connectivity index (χ0n) is 9.58. The molecule has 2 N–H and O–H groups in total. The number of aromatic nitrogens is 1. The standard InChI is InChI=1S/C11H16BNO4/c14-12(15)10-4-5-13-7-9(10)8-17-11-3-1-2-6-16-11/h4-5,7,11,14-15H,1-3,6,8H2. The van der Waals surface area contributed by atoms with Crippen LogP contribution >= 0.6 is 0 Å². The smallest absolute Gasteiger partial charge is 0.423 e. The monoisotopic (exact) mass is 237 g/mol. The van der Waals surface area contributed by atoms with Crippen LogP contribution in [-0.4, -0.2) is 35.0 Å². The molecule has 2 heterocycles. The quantitative estimate of drug-likeness (QED) is 0.710. The van der Waals surface area contributed by atoms with Crippen molar-refractivity contribution in [2.45, 2.75) is 32.2 Å². The normalized spacial score (nSPS) is 20.2. The highest BCUT2D eigenvalue weighted by Crippen LogP contribution is 2.14. The topological polar surface area (TPSA) is 71.8 Å². The zero-order valence-corrected chi connectivity index (χ0v) is 9.58. The summed E-state index contributed by atoms with van der Waals surface area (Å²) in [6.45, 7) is 1.01. The molecular weight excluding hydrogens is 221 g/mol. The molecule has 0 aliphatic carbocycles. The predicted octanol–water partition coefficient (Wildman–Crippen LogP) is -0.195. The number of hydrogen-bond donors (Lipinski definition) is 2. The molecule has 1 saturated heterocycles. The number of pyridine rings is 1. The van der Waals surface area contributed by atoms with Gasteiger partial charge in [0.25, 0.3) is 0 Å². The van der Waals surface area contributed by atoms with Gasteiger partial charge in [0.15, 0.2) is 6.29 Å². The molecule has 6 heteroatoms. The largest absolute Gasteiger partial charge is 0.488 e. The molecule has 1 fully saturated rings. The van der Waals surface area contributed by atoms with Crippen LogP contribution < -0.4 is 5.46 Å². The van der Waals surface area contributed by atoms with Gasteiger partial charge < -0.3 is 19.5 Å². The summed E-state index contributed by atoms with van der Waals surface area (Å²) in [7, 11) is -1.50. The fraction of sp³-hybridized carbons (Fsp3) is 0.545. The Morgan fingerprint density at radius 2 is 2.35 bits per heavy atom. The van der Waals surface area contributed by atoms with Crippen LogP contribution in [0.2, 0.25) is 0 Å². The van der Waals surface area contributed by atoms with Crippen molar-refractivity contribution < 1.29 is 19.5 Å². The molecule has 5 nitrogen and oxygen atoms in total. The van der Waals surface area contributed by atoms with Gasteiger partial charge in [0.1, 0.15) is 0 Å². The van der Waals surface area contributed by atoms with E-state index in [1.165, 1.54) is 6.20 Å². The first-order valence-corrected chi connectivity index (χ1v) is 5.79. The first-order chi connectivity index (χ1) is 8.27. The maximum atomic E-state index is 9.18. The molecule has 92 valence electrons. The van der Waals surface area contributed by atoms with Gasteiger partial charge in [0.2, 0.25) is 0 Å². The second kappa shape index (κ2) is 6.11. The van der Waals surface area contributed by atoms with Crippen LogP contribution in [0.3, 0.4) is 0 Å². The Bertz CT molecular complexity index is 355. The minimum Gasteiger partial charge on any atom is -0.423 e. The van der Waals surface area contributed by atoms with E-state index in [0.29, 0.717) is 11.0 Å². The van der Waals surface area contributed by atoms with Crippen molar-refractivity contribution in [1.29, 1.82) is 0 Å². The van der Waals surface area contributed by atoms with Crippen molar-refractivity contribution in [3.63, 3.8) is 0 Å². The van der Waals surface area contributed by atoms with Crippen molar-refractivity contribution in [2.75, 3.05) is 6.61 Å². The van der Waals surface area contributed by atoms with Crippen molar-refractivity contribution in [3.8, 4) is 0 Å². The van der Waals surface area contributed by atoms with E-state index in [2.05, 4.69) is 4.98 Å². The third-order valence-corrected chi connectivity index (χ3v) is 2.78. The summed E-state index contributed by atoms with van der Waals surface area (Å²) in [5, 5.41) is 18.4. The lowest BCUT2D eigenvalue weighted by Gasteiger charge is -2.23. The van der Waals surface area contributed by atoms with Crippen molar-refractivity contribution >= 4 is 12.6 Å². The van der Waals surface area contributed by atoms with E-state index in [1.54, 1.807) is 12.3 Å². The second-order valence-corrected chi connectivity index (χ2v) is 4.06. The maximum Gasteiger partial charge on any atom is 0.488 e. The van der Waals surface area contributed by atoms with Crippen LogP contribution in [0.4, 0.5) is 0 Å². The Hall–Kier alpha value is -0.945. The Balaban J connectivity index is 1.93. The zero-order chi connectivity index (χ0) is 12.1. The predicted molar refractivity (Wildman–Crippen MR) is 62.4 cm³/mol. The molecule has 1 aromatic heterocycles. The summed E-state index contributed by atoms with van der Waals surface area (Å²) in [5.41, 5.74) is 1.10. The van der Waals surface area contributed by atoms with E-state index < -0.39 is 7.12 Å². The highest BCUT2D eigenvalue weighted by Gasteiger charge is 2.18. The minimum atomic E-state index is -1.50. The Morgan fingerprint density at radius 3 is 3.06 bits per heavy atom. The molecule has 0 radical (unpaired) electrons. The van der Waals surface area contributed by atoms with Crippen molar-refractivity contribution in [1.82, 2.24) is 4.98 Å². The average Bonchev–Trinajstić information content (AvgIpc) is 2.38. The lowest BCUT2D eigenvalue weighted by Crippen LogP contribution is -2.34. The number of rotatable bonds is 4. The lowest BCUT2D eigenvalue weighted by atomic mass is 9.78. The molecule has 1 aliphatic heterocycles. The molecule has 1 unspecified atom stereocenters. The van der Waals surface area contributed by atoms with Crippen LogP contribution in [0.1, 0.15) is 24.8 Å². The van der Waals surface area contributed by atoms with E-state index in [-0.39, 0.29) is 12.9 Å². The molecule has 1 aromatic rings. The molecule has 0 aromatic carbocycles. The second-order valence-electron chi connectivity index (χ2n) is 4.06. The molecule has 1 atom stereocenters. The highest BCUT2D eigenvalue weighted by molar-refractivity contribution is 6.59. The highest BCUT2D eigenvalue weighted by atomic mass is 16.7. The number of ether oxygens (including phenoxy) is 2. The van der Waals surface area contributed by atoms with Crippen LogP contribution in [0, 0.1) is 0 Å². The molecule has 0 bridgehead atoms. The fourth-order valence-corrected chi connectivity index (χ4v) is 1.84. The molecule has 0 amide bonds. The van der Waals surface area contributed by atoms with Gasteiger partial charge in [-0.05, 0) is 36.4 Å². The third kappa shape index (κ3) is 3.51. The summed E-state index contributed by atoms with van der Waals surface area (Å²) in [6.07, 6.45) is 5.98. The summed E-state index contributed by atoms with van der Waals surface area (Å²) >= 11 is 0. The minimum absolute atomic E-state index is 0.187. The van der Waals surface area contributed by atoms with Crippen LogP contribution in [-0.2, 0) is 16.1 Å². The van der Waals surface area contributed by atoms with E-state index in [9.17, 15) is 10.0 Å². The SMILES string of the molecule is OB(O)c1ccncc1COC1CCCCO1. The first kappa shape index (κ1) is 12.5. The molecule has 17 heavy (non-hydrogen) atoms. The average molecular weight is 237 g/mol. The van der Waals surface area contributed by atoms with Gasteiger partial charge in [0, 0.05) is 19.0 Å². The van der Waals surface area contributed by atoms with E-state index in [1.807, 2.05) is 0 Å². The van der Waals surface area contributed by atoms with Crippen LogP contribution in [0.25, 0.3) is 0 Å². The van der Waals surface area contributed by atoms with E-state index >= 15 is 0 Å². The number of hydrogen-bond acceptors (Lipinski definition) is 5. The van der Waals surface area contributed by atoms with E-state index in [0.717, 1.165) is 25.9 Å². The van der Waals surface area contributed by atoms with Gasteiger partial charge in [-0.1, -0.05) is 0 Å². The maximum absolute atomic E-state index is 9.18. The first-order valence-electron chi connectivity index (χ1n) is 5.79. The Kier molecular flexibility index (Phi) is 4.50. The van der Waals surface area contributed by atoms with Crippen LogP contribution in [0.5, 0.6) is 0 Å². The number of nitrogens with zero attached hydrogens (tertiary/aromatic N) is 1. The lowest BCUT2D eigenvalue weighted by molar-refractivity contribution is -0.168. The van der Waals surface area contributed by atoms with Crippen molar-refractivity contribution in [2.24, 2.45) is 0 Å². The van der Waals surface area contributed by atoms with Gasteiger partial charge in [-0.25, -0.2) is 0 Å². The molecule has 1 aliphatic rings. The molecule has 2 rings (SSSR count). The summed E-state index contributed by atoms with van der Waals surface area (Å²) < 4.78 is 11.0. The third-order valence-electron chi connectivity index (χ3n) is 2.78. The Labute approximate surface area is 101 Å². The molecular formula is C11H16BNO4. The summed E-state index contributed by atoms with van der Waals surface area (Å²) in [4.78, 5) is 3.95. The Morgan fingerprint density at radius 1 is 1.47 bits per heavy atom. The van der Waals surface area contributed by atoms with Gasteiger partial charge in [-0.3, -0.25) is 4.98 Å². The van der Waals surface area contributed by atoms with Gasteiger partial charge in [0.05, 0.1) is 6.61 Å². The summed E-state index contributed by atoms with van der Waals surface area (Å²) in [6, 6.07) is 1.57. The molecule has 0 spiro atoms. The summed E-state index contributed by atoms with van der Waals surface area (Å²) in [5.74, 6) is 0. The van der Waals surface area contributed by atoms with Gasteiger partial charge >= 0.3 is 7.12 Å². The van der Waals surface area contributed by atoms with Crippen molar-refractivity contribution in [3.05, 3.63) is 24.0 Å². The van der Waals surface area contributed by atoms with Crippen LogP contribution in [0.15, 0.2) is 18.5 Å². The van der Waals surface area contributed by atoms with Gasteiger partial charge in [-0.2, -0.15) is 0 Å². The fourth-order valence-electron chi connectivity index (χ4n) is 1.84. The van der Waals surface area contributed by atoms with Gasteiger partial charge in [-0.15, -0.1) is 0 Å². The molecule has 0 saturated carbocycles.